The van der Waals surface area contributed by atoms with E-state index in [0.29, 0.717) is 11.7 Å². The molecule has 2 rings (SSSR count). The van der Waals surface area contributed by atoms with Crippen LogP contribution in [0.5, 0.6) is 11.6 Å². The smallest absolute Gasteiger partial charge is 0.221 e. The topological polar surface area (TPSA) is 60.2 Å². The van der Waals surface area contributed by atoms with Gasteiger partial charge in [-0.2, -0.15) is 4.98 Å². The van der Waals surface area contributed by atoms with Crippen molar-refractivity contribution in [2.24, 2.45) is 5.84 Å². The van der Waals surface area contributed by atoms with Gasteiger partial charge in [-0.1, -0.05) is 18.2 Å². The predicted octanol–water partition coefficient (Wildman–Crippen LogP) is 2.78. The Bertz CT molecular complexity index is 526. The number of anilines is 1. The van der Waals surface area contributed by atoms with Gasteiger partial charge >= 0.3 is 0 Å². The molecule has 0 aliphatic rings. The molecule has 2 aromatic rings. The molecule has 0 atom stereocenters. The van der Waals surface area contributed by atoms with Gasteiger partial charge in [-0.05, 0) is 37.1 Å². The molecule has 0 aliphatic carbocycles. The van der Waals surface area contributed by atoms with Gasteiger partial charge in [0, 0.05) is 6.07 Å². The van der Waals surface area contributed by atoms with E-state index in [4.69, 9.17) is 10.6 Å². The average Bonchev–Trinajstić information content (AvgIpc) is 2.34. The van der Waals surface area contributed by atoms with Crippen LogP contribution in [-0.2, 0) is 0 Å². The Labute approximate surface area is 100 Å². The monoisotopic (exact) mass is 229 g/mol. The van der Waals surface area contributed by atoms with Crippen LogP contribution in [-0.4, -0.2) is 4.98 Å². The number of nitrogens with two attached hydrogens (primary N) is 1. The zero-order valence-corrected chi connectivity index (χ0v) is 9.90. The summed E-state index contributed by atoms with van der Waals surface area (Å²) in [4.78, 5) is 4.20. The number of aryl methyl sites for hydroxylation is 2. The summed E-state index contributed by atoms with van der Waals surface area (Å²) in [5, 5.41) is 0. The Kier molecular flexibility index (Phi) is 3.25. The SMILES string of the molecule is Cc1ccc(C)c(Oc2cccc(NN)n2)c1. The summed E-state index contributed by atoms with van der Waals surface area (Å²) in [5.41, 5.74) is 4.71. The van der Waals surface area contributed by atoms with Crippen molar-refractivity contribution in [3.63, 3.8) is 0 Å². The number of hydrogen-bond acceptors (Lipinski definition) is 4. The lowest BCUT2D eigenvalue weighted by Gasteiger charge is -2.09. The molecule has 1 aromatic heterocycles. The van der Waals surface area contributed by atoms with Crippen molar-refractivity contribution in [2.75, 3.05) is 5.43 Å². The van der Waals surface area contributed by atoms with E-state index in [1.54, 1.807) is 12.1 Å². The molecule has 0 amide bonds. The fourth-order valence-corrected chi connectivity index (χ4v) is 1.48. The Morgan fingerprint density at radius 1 is 1.18 bits per heavy atom. The van der Waals surface area contributed by atoms with Crippen molar-refractivity contribution < 1.29 is 4.74 Å². The van der Waals surface area contributed by atoms with Crippen LogP contribution in [0, 0.1) is 13.8 Å². The third-order valence-corrected chi connectivity index (χ3v) is 2.43. The minimum atomic E-state index is 0.522. The molecule has 0 saturated heterocycles. The van der Waals surface area contributed by atoms with Gasteiger partial charge in [0.1, 0.15) is 11.6 Å². The highest BCUT2D eigenvalue weighted by atomic mass is 16.5. The summed E-state index contributed by atoms with van der Waals surface area (Å²) in [7, 11) is 0. The molecule has 4 nitrogen and oxygen atoms in total. The van der Waals surface area contributed by atoms with E-state index in [9.17, 15) is 0 Å². The van der Waals surface area contributed by atoms with Crippen molar-refractivity contribution in [3.8, 4) is 11.6 Å². The molecule has 4 heteroatoms. The number of hydrogen-bond donors (Lipinski definition) is 2. The first-order chi connectivity index (χ1) is 8.19. The molecular formula is C13H15N3O. The molecule has 0 saturated carbocycles. The Morgan fingerprint density at radius 3 is 2.76 bits per heavy atom. The van der Waals surface area contributed by atoms with E-state index in [1.807, 2.05) is 38.1 Å². The first-order valence-corrected chi connectivity index (χ1v) is 5.38. The largest absolute Gasteiger partial charge is 0.439 e. The van der Waals surface area contributed by atoms with Gasteiger partial charge in [0.2, 0.25) is 5.88 Å². The van der Waals surface area contributed by atoms with Gasteiger partial charge in [-0.25, -0.2) is 5.84 Å². The summed E-state index contributed by atoms with van der Waals surface area (Å²) in [5.74, 6) is 7.21. The number of hydrazine groups is 1. The number of nitrogens with zero attached hydrogens (tertiary/aromatic N) is 1. The maximum absolute atomic E-state index is 5.73. The quantitative estimate of drug-likeness (QED) is 0.627. The van der Waals surface area contributed by atoms with E-state index >= 15 is 0 Å². The molecule has 1 heterocycles. The molecule has 0 spiro atoms. The molecule has 0 unspecified atom stereocenters. The zero-order valence-electron chi connectivity index (χ0n) is 9.90. The van der Waals surface area contributed by atoms with Crippen LogP contribution in [0.4, 0.5) is 5.82 Å². The van der Waals surface area contributed by atoms with Crippen molar-refractivity contribution in [1.29, 1.82) is 0 Å². The van der Waals surface area contributed by atoms with Gasteiger partial charge in [-0.3, -0.25) is 0 Å². The average molecular weight is 229 g/mol. The van der Waals surface area contributed by atoms with Crippen molar-refractivity contribution >= 4 is 5.82 Å². The number of benzene rings is 1. The molecular weight excluding hydrogens is 214 g/mol. The summed E-state index contributed by atoms with van der Waals surface area (Å²) in [6.07, 6.45) is 0. The van der Waals surface area contributed by atoms with Gasteiger partial charge in [0.15, 0.2) is 0 Å². The third-order valence-electron chi connectivity index (χ3n) is 2.43. The van der Waals surface area contributed by atoms with Gasteiger partial charge in [0.25, 0.3) is 0 Å². The number of nitrogen functional groups attached to an aromatic ring is 1. The minimum Gasteiger partial charge on any atom is -0.439 e. The molecule has 0 radical (unpaired) electrons. The molecule has 0 bridgehead atoms. The number of rotatable bonds is 3. The molecule has 17 heavy (non-hydrogen) atoms. The summed E-state index contributed by atoms with van der Waals surface area (Å²) >= 11 is 0. The molecule has 3 N–H and O–H groups in total. The second kappa shape index (κ2) is 4.84. The Hall–Kier alpha value is -2.07. The van der Waals surface area contributed by atoms with Gasteiger partial charge in [0.05, 0.1) is 0 Å². The lowest BCUT2D eigenvalue weighted by molar-refractivity contribution is 0.460. The Morgan fingerprint density at radius 2 is 2.00 bits per heavy atom. The van der Waals surface area contributed by atoms with Gasteiger partial charge in [-0.15, -0.1) is 0 Å². The standard InChI is InChI=1S/C13H15N3O/c1-9-6-7-10(2)11(8-9)17-13-5-3-4-12(15-13)16-14/h3-8H,14H2,1-2H3,(H,15,16). The first kappa shape index (κ1) is 11.4. The molecule has 0 fully saturated rings. The molecule has 88 valence electrons. The number of aromatic nitrogens is 1. The van der Waals surface area contributed by atoms with Crippen LogP contribution >= 0.6 is 0 Å². The Balaban J connectivity index is 2.27. The van der Waals surface area contributed by atoms with Crippen LogP contribution in [0.1, 0.15) is 11.1 Å². The van der Waals surface area contributed by atoms with Crippen molar-refractivity contribution in [1.82, 2.24) is 4.98 Å². The zero-order chi connectivity index (χ0) is 12.3. The van der Waals surface area contributed by atoms with Crippen LogP contribution in [0.25, 0.3) is 0 Å². The van der Waals surface area contributed by atoms with Gasteiger partial charge < -0.3 is 10.2 Å². The maximum atomic E-state index is 5.73. The highest BCUT2D eigenvalue weighted by Gasteiger charge is 2.03. The predicted molar refractivity (Wildman–Crippen MR) is 68.0 cm³/mol. The van der Waals surface area contributed by atoms with Crippen LogP contribution in [0.2, 0.25) is 0 Å². The lowest BCUT2D eigenvalue weighted by atomic mass is 10.1. The summed E-state index contributed by atoms with van der Waals surface area (Å²) < 4.78 is 5.73. The van der Waals surface area contributed by atoms with E-state index in [-0.39, 0.29) is 0 Å². The van der Waals surface area contributed by atoms with Crippen LogP contribution < -0.4 is 16.0 Å². The van der Waals surface area contributed by atoms with Crippen molar-refractivity contribution in [2.45, 2.75) is 13.8 Å². The van der Waals surface area contributed by atoms with Crippen LogP contribution in [0.3, 0.4) is 0 Å². The normalized spacial score (nSPS) is 10.1. The fourth-order valence-electron chi connectivity index (χ4n) is 1.48. The van der Waals surface area contributed by atoms with E-state index in [2.05, 4.69) is 10.4 Å². The van der Waals surface area contributed by atoms with E-state index in [0.717, 1.165) is 16.9 Å². The minimum absolute atomic E-state index is 0.522. The number of nitrogens with one attached hydrogen (secondary N) is 1. The van der Waals surface area contributed by atoms with Crippen LogP contribution in [0.15, 0.2) is 36.4 Å². The van der Waals surface area contributed by atoms with E-state index in [1.165, 1.54) is 0 Å². The highest BCUT2D eigenvalue weighted by molar-refractivity contribution is 5.40. The molecule has 0 aliphatic heterocycles. The number of ether oxygens (including phenoxy) is 1. The van der Waals surface area contributed by atoms with Crippen molar-refractivity contribution in [3.05, 3.63) is 47.5 Å². The highest BCUT2D eigenvalue weighted by Crippen LogP contribution is 2.25. The lowest BCUT2D eigenvalue weighted by Crippen LogP contribution is -2.08. The third kappa shape index (κ3) is 2.73. The second-order valence-electron chi connectivity index (χ2n) is 3.88. The summed E-state index contributed by atoms with van der Waals surface area (Å²) in [6.45, 7) is 4.03. The second-order valence-corrected chi connectivity index (χ2v) is 3.88. The fraction of sp³-hybridized carbons (Fsp3) is 0.154. The summed E-state index contributed by atoms with van der Waals surface area (Å²) in [6, 6.07) is 11.5. The first-order valence-electron chi connectivity index (χ1n) is 5.38. The molecule has 1 aromatic carbocycles. The van der Waals surface area contributed by atoms with E-state index < -0.39 is 0 Å². The maximum Gasteiger partial charge on any atom is 0.221 e. The number of pyridine rings is 1.